The van der Waals surface area contributed by atoms with Crippen molar-refractivity contribution in [1.82, 2.24) is 10.3 Å². The number of rotatable bonds is 6. The van der Waals surface area contributed by atoms with Gasteiger partial charge in [0.05, 0.1) is 0 Å². The Bertz CT molecular complexity index is 1370. The standard InChI is InChI=1S/C31H30N2O2/c34-31(35-20-28-24-12-3-1-10-22(24)23-11-2-4-13-25(23)28)32-18-8-7-9-21-16-17-30-27(19-21)26-14-5-6-15-29(26)33-30/h1-4,7,9-13,16-17,19,28,33H,5-6,8,14-15,18,20H2,(H,32,34). The van der Waals surface area contributed by atoms with Crippen LogP contribution in [0.15, 0.2) is 72.8 Å². The van der Waals surface area contributed by atoms with Crippen molar-refractivity contribution in [2.75, 3.05) is 13.2 Å². The SMILES string of the molecule is O=C(NCCC=Cc1ccc2[nH]c3c(c2c1)CCCC3)OCC1c2ccccc2-c2ccccc21. The van der Waals surface area contributed by atoms with Gasteiger partial charge in [-0.1, -0.05) is 66.7 Å². The number of aromatic nitrogens is 1. The number of benzene rings is 3. The van der Waals surface area contributed by atoms with Crippen molar-refractivity contribution in [3.05, 3.63) is 101 Å². The van der Waals surface area contributed by atoms with E-state index in [2.05, 4.69) is 77.1 Å². The Kier molecular flexibility index (Phi) is 5.87. The van der Waals surface area contributed by atoms with E-state index < -0.39 is 0 Å². The first-order chi connectivity index (χ1) is 17.3. The van der Waals surface area contributed by atoms with Crippen LogP contribution in [0.3, 0.4) is 0 Å². The number of alkyl carbamates (subject to hydrolysis) is 1. The molecular weight excluding hydrogens is 432 g/mol. The van der Waals surface area contributed by atoms with E-state index in [4.69, 9.17) is 4.74 Å². The summed E-state index contributed by atoms with van der Waals surface area (Å²) in [6, 6.07) is 23.4. The van der Waals surface area contributed by atoms with Gasteiger partial charge in [0.2, 0.25) is 0 Å². The van der Waals surface area contributed by atoms with Gasteiger partial charge in [-0.15, -0.1) is 0 Å². The second kappa shape index (κ2) is 9.46. The second-order valence-electron chi connectivity index (χ2n) is 9.54. The van der Waals surface area contributed by atoms with E-state index in [1.807, 2.05) is 12.1 Å². The zero-order chi connectivity index (χ0) is 23.6. The van der Waals surface area contributed by atoms with Crippen molar-refractivity contribution in [1.29, 1.82) is 0 Å². The summed E-state index contributed by atoms with van der Waals surface area (Å²) in [5.74, 6) is 0.0853. The molecule has 35 heavy (non-hydrogen) atoms. The van der Waals surface area contributed by atoms with Crippen molar-refractivity contribution in [2.45, 2.75) is 38.0 Å². The highest BCUT2D eigenvalue weighted by atomic mass is 16.5. The number of fused-ring (bicyclic) bond motifs is 6. The average molecular weight is 463 g/mol. The maximum absolute atomic E-state index is 12.3. The Morgan fingerprint density at radius 2 is 1.71 bits per heavy atom. The van der Waals surface area contributed by atoms with Gasteiger partial charge >= 0.3 is 6.09 Å². The first-order valence-electron chi connectivity index (χ1n) is 12.7. The van der Waals surface area contributed by atoms with Gasteiger partial charge < -0.3 is 15.0 Å². The van der Waals surface area contributed by atoms with Crippen LogP contribution < -0.4 is 5.32 Å². The van der Waals surface area contributed by atoms with Gasteiger partial charge in [-0.3, -0.25) is 0 Å². The minimum atomic E-state index is -0.361. The summed E-state index contributed by atoms with van der Waals surface area (Å²) in [5.41, 5.74) is 10.3. The number of nitrogens with one attached hydrogen (secondary N) is 2. The van der Waals surface area contributed by atoms with Crippen molar-refractivity contribution in [3.8, 4) is 11.1 Å². The van der Waals surface area contributed by atoms with Crippen LogP contribution in [-0.2, 0) is 17.6 Å². The van der Waals surface area contributed by atoms with Gasteiger partial charge in [-0.2, -0.15) is 0 Å². The first kappa shape index (κ1) is 21.7. The molecule has 0 radical (unpaired) electrons. The highest BCUT2D eigenvalue weighted by Gasteiger charge is 2.28. The first-order valence-corrected chi connectivity index (χ1v) is 12.7. The molecule has 0 spiro atoms. The molecule has 4 heteroatoms. The largest absolute Gasteiger partial charge is 0.449 e. The fourth-order valence-electron chi connectivity index (χ4n) is 5.65. The van der Waals surface area contributed by atoms with Crippen LogP contribution in [0.4, 0.5) is 4.79 Å². The molecule has 0 aliphatic heterocycles. The molecule has 0 bridgehead atoms. The smallest absolute Gasteiger partial charge is 0.407 e. The van der Waals surface area contributed by atoms with E-state index in [-0.39, 0.29) is 12.0 Å². The average Bonchev–Trinajstić information content (AvgIpc) is 3.43. The number of hydrogen-bond acceptors (Lipinski definition) is 2. The maximum atomic E-state index is 12.3. The molecule has 2 N–H and O–H groups in total. The minimum Gasteiger partial charge on any atom is -0.449 e. The molecule has 1 heterocycles. The van der Waals surface area contributed by atoms with Gasteiger partial charge in [0.1, 0.15) is 6.61 Å². The van der Waals surface area contributed by atoms with Crippen molar-refractivity contribution in [2.24, 2.45) is 0 Å². The maximum Gasteiger partial charge on any atom is 0.407 e. The van der Waals surface area contributed by atoms with Gasteiger partial charge in [-0.05, 0) is 77.6 Å². The molecule has 0 atom stereocenters. The molecule has 176 valence electrons. The molecule has 2 aliphatic carbocycles. The van der Waals surface area contributed by atoms with Crippen LogP contribution in [0.5, 0.6) is 0 Å². The Labute approximate surface area is 206 Å². The predicted octanol–water partition coefficient (Wildman–Crippen LogP) is 6.99. The summed E-state index contributed by atoms with van der Waals surface area (Å²) in [4.78, 5) is 15.9. The lowest BCUT2D eigenvalue weighted by Gasteiger charge is -2.14. The lowest BCUT2D eigenvalue weighted by Crippen LogP contribution is -2.26. The van der Waals surface area contributed by atoms with Crippen LogP contribution in [0.1, 0.15) is 53.1 Å². The lowest BCUT2D eigenvalue weighted by molar-refractivity contribution is 0.143. The second-order valence-corrected chi connectivity index (χ2v) is 9.54. The van der Waals surface area contributed by atoms with Crippen molar-refractivity contribution < 1.29 is 9.53 Å². The summed E-state index contributed by atoms with van der Waals surface area (Å²) in [6.07, 6.45) is 9.55. The quantitative estimate of drug-likeness (QED) is 0.304. The molecule has 4 nitrogen and oxygen atoms in total. The van der Waals surface area contributed by atoms with Gasteiger partial charge in [0.15, 0.2) is 0 Å². The monoisotopic (exact) mass is 462 g/mol. The molecule has 1 aromatic heterocycles. The molecule has 2 aliphatic rings. The van der Waals surface area contributed by atoms with E-state index in [1.54, 1.807) is 0 Å². The van der Waals surface area contributed by atoms with Crippen molar-refractivity contribution in [3.63, 3.8) is 0 Å². The molecule has 1 amide bonds. The van der Waals surface area contributed by atoms with Gasteiger partial charge in [0.25, 0.3) is 0 Å². The topological polar surface area (TPSA) is 54.1 Å². The fraction of sp³-hybridized carbons (Fsp3) is 0.258. The van der Waals surface area contributed by atoms with E-state index in [0.29, 0.717) is 13.2 Å². The van der Waals surface area contributed by atoms with E-state index >= 15 is 0 Å². The van der Waals surface area contributed by atoms with Crippen LogP contribution in [-0.4, -0.2) is 24.2 Å². The third-order valence-electron chi connectivity index (χ3n) is 7.36. The number of carbonyl (C=O) groups is 1. The highest BCUT2D eigenvalue weighted by Crippen LogP contribution is 2.44. The van der Waals surface area contributed by atoms with Crippen molar-refractivity contribution >= 4 is 23.1 Å². The van der Waals surface area contributed by atoms with E-state index in [1.165, 1.54) is 69.2 Å². The normalized spacial score (nSPS) is 14.6. The lowest BCUT2D eigenvalue weighted by atomic mass is 9.95. The van der Waals surface area contributed by atoms with Crippen LogP contribution in [0.2, 0.25) is 0 Å². The van der Waals surface area contributed by atoms with E-state index in [0.717, 1.165) is 12.8 Å². The molecule has 6 rings (SSSR count). The zero-order valence-electron chi connectivity index (χ0n) is 19.8. The van der Waals surface area contributed by atoms with Gasteiger partial charge in [0, 0.05) is 29.1 Å². The molecule has 0 saturated carbocycles. The fourth-order valence-corrected chi connectivity index (χ4v) is 5.65. The number of hydrogen-bond donors (Lipinski definition) is 2. The Morgan fingerprint density at radius 3 is 2.51 bits per heavy atom. The Morgan fingerprint density at radius 1 is 0.971 bits per heavy atom. The number of carbonyl (C=O) groups excluding carboxylic acids is 1. The molecule has 0 unspecified atom stereocenters. The Hall–Kier alpha value is -3.79. The van der Waals surface area contributed by atoms with Gasteiger partial charge in [-0.25, -0.2) is 4.79 Å². The molecule has 0 saturated heterocycles. The summed E-state index contributed by atoms with van der Waals surface area (Å²) >= 11 is 0. The molecule has 0 fully saturated rings. The predicted molar refractivity (Wildman–Crippen MR) is 142 cm³/mol. The summed E-state index contributed by atoms with van der Waals surface area (Å²) in [6.45, 7) is 0.895. The Balaban J connectivity index is 1.01. The summed E-state index contributed by atoms with van der Waals surface area (Å²) in [5, 5.41) is 4.25. The minimum absolute atomic E-state index is 0.0853. The number of ether oxygens (including phenoxy) is 1. The van der Waals surface area contributed by atoms with Crippen LogP contribution in [0, 0.1) is 0 Å². The summed E-state index contributed by atoms with van der Waals surface area (Å²) in [7, 11) is 0. The number of aryl methyl sites for hydroxylation is 2. The third-order valence-corrected chi connectivity index (χ3v) is 7.36. The summed E-state index contributed by atoms with van der Waals surface area (Å²) < 4.78 is 5.62. The number of amides is 1. The highest BCUT2D eigenvalue weighted by molar-refractivity contribution is 5.87. The number of aromatic amines is 1. The molecule has 4 aromatic rings. The van der Waals surface area contributed by atoms with Crippen LogP contribution >= 0.6 is 0 Å². The zero-order valence-corrected chi connectivity index (χ0v) is 19.8. The number of H-pyrrole nitrogens is 1. The molecular formula is C31H30N2O2. The van der Waals surface area contributed by atoms with E-state index in [9.17, 15) is 4.79 Å². The third kappa shape index (κ3) is 4.25. The van der Waals surface area contributed by atoms with Crippen LogP contribution in [0.25, 0.3) is 28.1 Å². The molecule has 3 aromatic carbocycles.